The fourth-order valence-corrected chi connectivity index (χ4v) is 3.11. The van der Waals surface area contributed by atoms with Crippen molar-refractivity contribution in [3.05, 3.63) is 24.4 Å². The van der Waals surface area contributed by atoms with Crippen LogP contribution in [-0.2, 0) is 4.79 Å². The number of amides is 1. The molecule has 0 N–H and O–H groups in total. The number of hydrogen-bond donors (Lipinski definition) is 0. The molecule has 0 aliphatic carbocycles. The van der Waals surface area contributed by atoms with Crippen LogP contribution in [0.25, 0.3) is 5.65 Å². The predicted molar refractivity (Wildman–Crippen MR) is 74.1 cm³/mol. The van der Waals surface area contributed by atoms with E-state index in [0.29, 0.717) is 5.75 Å². The first kappa shape index (κ1) is 12.5. The quantitative estimate of drug-likeness (QED) is 0.803. The van der Waals surface area contributed by atoms with Gasteiger partial charge in [0.1, 0.15) is 0 Å². The molecule has 19 heavy (non-hydrogen) atoms. The van der Waals surface area contributed by atoms with Crippen molar-refractivity contribution in [1.29, 1.82) is 0 Å². The lowest BCUT2D eigenvalue weighted by Gasteiger charge is -2.26. The molecule has 1 aliphatic rings. The Morgan fingerprint density at radius 1 is 1.21 bits per heavy atom. The molecule has 1 aliphatic heterocycles. The lowest BCUT2D eigenvalue weighted by atomic mass is 10.1. The Kier molecular flexibility index (Phi) is 3.68. The first-order chi connectivity index (χ1) is 9.34. The predicted octanol–water partition coefficient (Wildman–Crippen LogP) is 1.83. The molecule has 0 bridgehead atoms. The van der Waals surface area contributed by atoms with Crippen molar-refractivity contribution in [1.82, 2.24) is 19.5 Å². The van der Waals surface area contributed by atoms with E-state index in [9.17, 15) is 4.79 Å². The van der Waals surface area contributed by atoms with E-state index in [1.807, 2.05) is 33.7 Å². The van der Waals surface area contributed by atoms with Gasteiger partial charge in [0, 0.05) is 19.3 Å². The number of rotatable bonds is 3. The summed E-state index contributed by atoms with van der Waals surface area (Å²) in [5, 5.41) is 8.97. The van der Waals surface area contributed by atoms with Crippen LogP contribution in [-0.4, -0.2) is 44.2 Å². The highest BCUT2D eigenvalue weighted by Crippen LogP contribution is 2.18. The van der Waals surface area contributed by atoms with Gasteiger partial charge in [0.2, 0.25) is 5.91 Å². The van der Waals surface area contributed by atoms with Crippen LogP contribution < -0.4 is 0 Å². The van der Waals surface area contributed by atoms with E-state index in [0.717, 1.165) is 36.7 Å². The molecule has 5 nitrogen and oxygen atoms in total. The minimum atomic E-state index is 0.206. The summed E-state index contributed by atoms with van der Waals surface area (Å²) in [6.07, 6.45) is 5.42. The fourth-order valence-electron chi connectivity index (χ4n) is 2.28. The van der Waals surface area contributed by atoms with Crippen LogP contribution in [0.1, 0.15) is 19.3 Å². The molecule has 0 spiro atoms. The number of pyridine rings is 1. The number of fused-ring (bicyclic) bond motifs is 1. The zero-order chi connectivity index (χ0) is 13.1. The summed E-state index contributed by atoms with van der Waals surface area (Å²) in [5.41, 5.74) is 0.815. The van der Waals surface area contributed by atoms with Crippen molar-refractivity contribution in [3.63, 3.8) is 0 Å². The van der Waals surface area contributed by atoms with Gasteiger partial charge in [0.15, 0.2) is 10.8 Å². The monoisotopic (exact) mass is 276 g/mol. The highest BCUT2D eigenvalue weighted by atomic mass is 32.2. The summed E-state index contributed by atoms with van der Waals surface area (Å²) < 4.78 is 1.91. The van der Waals surface area contributed by atoms with Gasteiger partial charge in [0.25, 0.3) is 0 Å². The molecule has 1 fully saturated rings. The Balaban J connectivity index is 1.64. The van der Waals surface area contributed by atoms with E-state index in [1.165, 1.54) is 18.2 Å². The van der Waals surface area contributed by atoms with Gasteiger partial charge in [-0.2, -0.15) is 0 Å². The maximum atomic E-state index is 12.1. The van der Waals surface area contributed by atoms with E-state index in [-0.39, 0.29) is 5.91 Å². The zero-order valence-electron chi connectivity index (χ0n) is 10.7. The van der Waals surface area contributed by atoms with Crippen LogP contribution in [0.5, 0.6) is 0 Å². The van der Waals surface area contributed by atoms with Crippen molar-refractivity contribution in [3.8, 4) is 0 Å². The number of nitrogens with zero attached hydrogens (tertiary/aromatic N) is 4. The van der Waals surface area contributed by atoms with Gasteiger partial charge in [-0.25, -0.2) is 0 Å². The Labute approximate surface area is 116 Å². The van der Waals surface area contributed by atoms with E-state index in [2.05, 4.69) is 10.2 Å². The summed E-state index contributed by atoms with van der Waals surface area (Å²) in [7, 11) is 0. The highest BCUT2D eigenvalue weighted by molar-refractivity contribution is 7.99. The van der Waals surface area contributed by atoms with Crippen molar-refractivity contribution in [2.24, 2.45) is 0 Å². The van der Waals surface area contributed by atoms with Gasteiger partial charge < -0.3 is 4.90 Å². The number of aromatic nitrogens is 3. The first-order valence-corrected chi connectivity index (χ1v) is 7.53. The molecule has 6 heteroatoms. The topological polar surface area (TPSA) is 50.5 Å². The normalized spacial score (nSPS) is 15.9. The van der Waals surface area contributed by atoms with E-state index >= 15 is 0 Å². The molecule has 2 aromatic rings. The second-order valence-electron chi connectivity index (χ2n) is 4.64. The van der Waals surface area contributed by atoms with Crippen LogP contribution in [0.4, 0.5) is 0 Å². The Morgan fingerprint density at radius 3 is 2.89 bits per heavy atom. The fraction of sp³-hybridized carbons (Fsp3) is 0.462. The number of carbonyl (C=O) groups is 1. The third-order valence-corrected chi connectivity index (χ3v) is 4.24. The number of likely N-dealkylation sites (tertiary alicyclic amines) is 1. The standard InChI is InChI=1S/C13H16N4OS/c18-12(16-7-3-1-4-8-16)10-19-13-15-14-11-6-2-5-9-17(11)13/h2,5-6,9H,1,3-4,7-8,10H2. The number of piperidine rings is 1. The van der Waals surface area contributed by atoms with Crippen molar-refractivity contribution in [2.45, 2.75) is 24.4 Å². The Bertz CT molecular complexity index is 577. The minimum Gasteiger partial charge on any atom is -0.342 e. The van der Waals surface area contributed by atoms with Crippen LogP contribution in [0.3, 0.4) is 0 Å². The molecule has 1 amide bonds. The van der Waals surface area contributed by atoms with Crippen molar-refractivity contribution < 1.29 is 4.79 Å². The third-order valence-electron chi connectivity index (χ3n) is 3.32. The van der Waals surface area contributed by atoms with Crippen molar-refractivity contribution in [2.75, 3.05) is 18.8 Å². The van der Waals surface area contributed by atoms with Crippen LogP contribution in [0.15, 0.2) is 29.6 Å². The lowest BCUT2D eigenvalue weighted by molar-refractivity contribution is -0.129. The van der Waals surface area contributed by atoms with Gasteiger partial charge >= 0.3 is 0 Å². The molecule has 3 rings (SSSR count). The lowest BCUT2D eigenvalue weighted by Crippen LogP contribution is -2.36. The zero-order valence-corrected chi connectivity index (χ0v) is 11.5. The van der Waals surface area contributed by atoms with Crippen molar-refractivity contribution >= 4 is 23.3 Å². The smallest absolute Gasteiger partial charge is 0.233 e. The maximum absolute atomic E-state index is 12.1. The van der Waals surface area contributed by atoms with E-state index in [4.69, 9.17) is 0 Å². The van der Waals surface area contributed by atoms with E-state index < -0.39 is 0 Å². The number of hydrogen-bond acceptors (Lipinski definition) is 4. The van der Waals surface area contributed by atoms with E-state index in [1.54, 1.807) is 0 Å². The number of carbonyl (C=O) groups excluding carboxylic acids is 1. The molecule has 3 heterocycles. The molecule has 0 atom stereocenters. The van der Waals surface area contributed by atoms with Gasteiger partial charge in [-0.1, -0.05) is 17.8 Å². The third kappa shape index (κ3) is 2.73. The van der Waals surface area contributed by atoms with Gasteiger partial charge in [-0.05, 0) is 31.4 Å². The van der Waals surface area contributed by atoms with Crippen LogP contribution >= 0.6 is 11.8 Å². The summed E-state index contributed by atoms with van der Waals surface area (Å²) in [6.45, 7) is 1.81. The molecule has 100 valence electrons. The van der Waals surface area contributed by atoms with Crippen LogP contribution in [0.2, 0.25) is 0 Å². The first-order valence-electron chi connectivity index (χ1n) is 6.55. The average Bonchev–Trinajstić information content (AvgIpc) is 2.89. The SMILES string of the molecule is O=C(CSc1nnc2ccccn12)N1CCCCC1. The summed E-state index contributed by atoms with van der Waals surface area (Å²) in [5.74, 6) is 0.646. The van der Waals surface area contributed by atoms with Gasteiger partial charge in [0.05, 0.1) is 5.75 Å². The largest absolute Gasteiger partial charge is 0.342 e. The second kappa shape index (κ2) is 5.61. The molecular weight excluding hydrogens is 260 g/mol. The highest BCUT2D eigenvalue weighted by Gasteiger charge is 2.17. The molecule has 0 unspecified atom stereocenters. The van der Waals surface area contributed by atoms with Crippen LogP contribution in [0, 0.1) is 0 Å². The van der Waals surface area contributed by atoms with Gasteiger partial charge in [-0.15, -0.1) is 10.2 Å². The molecule has 2 aromatic heterocycles. The molecule has 0 saturated carbocycles. The Hall–Kier alpha value is -1.56. The molecule has 0 aromatic carbocycles. The minimum absolute atomic E-state index is 0.206. The summed E-state index contributed by atoms with van der Waals surface area (Å²) in [4.78, 5) is 14.0. The summed E-state index contributed by atoms with van der Waals surface area (Å²) in [6, 6.07) is 5.77. The molecule has 0 radical (unpaired) electrons. The second-order valence-corrected chi connectivity index (χ2v) is 5.58. The molecule has 1 saturated heterocycles. The van der Waals surface area contributed by atoms with Gasteiger partial charge in [-0.3, -0.25) is 9.20 Å². The maximum Gasteiger partial charge on any atom is 0.233 e. The number of thioether (sulfide) groups is 1. The summed E-state index contributed by atoms with van der Waals surface area (Å²) >= 11 is 1.46. The Morgan fingerprint density at radius 2 is 2.05 bits per heavy atom. The molecular formula is C13H16N4OS. The average molecular weight is 276 g/mol.